The van der Waals surface area contributed by atoms with Crippen LogP contribution in [0.1, 0.15) is 25.1 Å². The largest absolute Gasteiger partial charge is 0.480 e. The summed E-state index contributed by atoms with van der Waals surface area (Å²) in [4.78, 5) is 28.6. The van der Waals surface area contributed by atoms with Crippen LogP contribution < -0.4 is 0 Å². The summed E-state index contributed by atoms with van der Waals surface area (Å²) in [7, 11) is -3.90. The lowest BCUT2D eigenvalue weighted by Crippen LogP contribution is -2.58. The molecule has 8 nitrogen and oxygen atoms in total. The molecule has 2 aliphatic rings. The Morgan fingerprint density at radius 1 is 1.46 bits per heavy atom. The first kappa shape index (κ1) is 16.1. The molecule has 0 unspecified atom stereocenters. The highest BCUT2D eigenvalue weighted by atomic mass is 32.2. The third-order valence-corrected chi connectivity index (χ3v) is 7.18. The molecule has 0 saturated carbocycles. The van der Waals surface area contributed by atoms with Crippen molar-refractivity contribution >= 4 is 27.8 Å². The molecular weight excluding hydrogens is 334 g/mol. The summed E-state index contributed by atoms with van der Waals surface area (Å²) in [6.45, 7) is 2.62. The second kappa shape index (κ2) is 4.88. The van der Waals surface area contributed by atoms with E-state index in [4.69, 9.17) is 5.26 Å². The zero-order valence-corrected chi connectivity index (χ0v) is 13.6. The van der Waals surface area contributed by atoms with E-state index in [-0.39, 0.29) is 5.57 Å². The van der Waals surface area contributed by atoms with E-state index in [1.165, 1.54) is 38.3 Å². The van der Waals surface area contributed by atoms with Gasteiger partial charge in [-0.25, -0.2) is 13.2 Å². The minimum Gasteiger partial charge on any atom is -0.480 e. The molecule has 124 valence electrons. The number of sulfone groups is 1. The van der Waals surface area contributed by atoms with Crippen LogP contribution in [0.25, 0.3) is 6.08 Å². The van der Waals surface area contributed by atoms with E-state index < -0.39 is 37.9 Å². The van der Waals surface area contributed by atoms with E-state index in [0.717, 1.165) is 4.90 Å². The topological polar surface area (TPSA) is 128 Å². The lowest BCUT2D eigenvalue weighted by atomic mass is 9.95. The number of carboxylic acid groups (broad SMARTS) is 1. The van der Waals surface area contributed by atoms with E-state index >= 15 is 0 Å². The number of carbonyl (C=O) groups is 2. The lowest BCUT2D eigenvalue weighted by Gasteiger charge is -2.37. The number of rotatable bonds is 2. The molecule has 2 atom stereocenters. The molecule has 0 radical (unpaired) electrons. The first-order valence-corrected chi connectivity index (χ1v) is 8.54. The molecule has 1 aromatic rings. The Hall–Kier alpha value is -2.73. The van der Waals surface area contributed by atoms with Gasteiger partial charge in [0.25, 0.3) is 5.91 Å². The molecule has 0 aliphatic carbocycles. The Labute approximate surface area is 137 Å². The van der Waals surface area contributed by atoms with Crippen LogP contribution in [-0.4, -0.2) is 51.4 Å². The number of pyridine rings is 1. The maximum absolute atomic E-state index is 12.7. The molecular formula is C15H13N3O5S. The van der Waals surface area contributed by atoms with Crippen molar-refractivity contribution in [2.75, 3.05) is 0 Å². The molecule has 2 fully saturated rings. The second-order valence-corrected chi connectivity index (χ2v) is 8.73. The van der Waals surface area contributed by atoms with E-state index in [1.807, 2.05) is 6.07 Å². The van der Waals surface area contributed by atoms with Crippen LogP contribution >= 0.6 is 0 Å². The van der Waals surface area contributed by atoms with Gasteiger partial charge in [-0.05, 0) is 32.1 Å². The van der Waals surface area contributed by atoms with Crippen LogP contribution in [0, 0.1) is 11.3 Å². The Morgan fingerprint density at radius 2 is 2.12 bits per heavy atom. The van der Waals surface area contributed by atoms with Crippen LogP contribution in [-0.2, 0) is 19.4 Å². The Balaban J connectivity index is 2.06. The molecule has 2 saturated heterocycles. The predicted octanol–water partition coefficient (Wildman–Crippen LogP) is 0.165. The summed E-state index contributed by atoms with van der Waals surface area (Å²) >= 11 is 0. The van der Waals surface area contributed by atoms with E-state index in [1.54, 1.807) is 0 Å². The van der Waals surface area contributed by atoms with Crippen LogP contribution in [0.15, 0.2) is 23.9 Å². The lowest BCUT2D eigenvalue weighted by molar-refractivity contribution is -0.152. The smallest absolute Gasteiger partial charge is 0.328 e. The normalized spacial score (nSPS) is 28.1. The minimum atomic E-state index is -3.90. The maximum Gasteiger partial charge on any atom is 0.328 e. The number of amides is 1. The van der Waals surface area contributed by atoms with Crippen molar-refractivity contribution in [2.24, 2.45) is 0 Å². The fourth-order valence-corrected chi connectivity index (χ4v) is 5.18. The average Bonchev–Trinajstić information content (AvgIpc) is 2.66. The van der Waals surface area contributed by atoms with Crippen LogP contribution in [0.4, 0.5) is 0 Å². The highest BCUT2D eigenvalue weighted by molar-refractivity contribution is 7.94. The SMILES string of the molecule is CC1(C)[C@H](C(=O)O)N2C(=O)C(=Cc3ccc(C#N)cn3)[C@H]2S1(=O)=O. The first-order chi connectivity index (χ1) is 11.1. The fourth-order valence-electron chi connectivity index (χ4n) is 3.06. The standard InChI is InChI=1S/C15H13N3O5S/c1-15(2)11(14(20)21)18-12(19)10(13(18)24(15,22)23)5-9-4-3-8(6-16)7-17-9/h3-5,7,11,13H,1-2H3,(H,20,21)/t11-,13+/m0/s1. The molecule has 0 aromatic carbocycles. The number of nitrogens with zero attached hydrogens (tertiary/aromatic N) is 3. The molecule has 3 heterocycles. The average molecular weight is 347 g/mol. The van der Waals surface area contributed by atoms with Crippen molar-refractivity contribution in [2.45, 2.75) is 30.0 Å². The van der Waals surface area contributed by atoms with Gasteiger partial charge in [-0.2, -0.15) is 5.26 Å². The summed E-state index contributed by atoms with van der Waals surface area (Å²) in [6, 6.07) is 3.46. The Kier molecular flexibility index (Phi) is 3.28. The Bertz CT molecular complexity index is 925. The zero-order valence-electron chi connectivity index (χ0n) is 12.8. The summed E-state index contributed by atoms with van der Waals surface area (Å²) < 4.78 is 23.8. The fraction of sp³-hybridized carbons (Fsp3) is 0.333. The van der Waals surface area contributed by atoms with Crippen LogP contribution in [0.5, 0.6) is 0 Å². The number of carboxylic acids is 1. The monoisotopic (exact) mass is 347 g/mol. The van der Waals surface area contributed by atoms with Gasteiger partial charge in [0.1, 0.15) is 10.8 Å². The van der Waals surface area contributed by atoms with Crippen molar-refractivity contribution in [1.82, 2.24) is 9.88 Å². The zero-order chi connectivity index (χ0) is 17.9. The van der Waals surface area contributed by atoms with Crippen molar-refractivity contribution in [3.05, 3.63) is 35.2 Å². The molecule has 24 heavy (non-hydrogen) atoms. The summed E-state index contributed by atoms with van der Waals surface area (Å²) in [5.41, 5.74) is 0.645. The number of hydrogen-bond donors (Lipinski definition) is 1. The maximum atomic E-state index is 12.7. The van der Waals surface area contributed by atoms with Gasteiger partial charge in [-0.3, -0.25) is 9.78 Å². The number of β-lactam (4-membered cyclic amide) rings is 1. The molecule has 1 N–H and O–H groups in total. The predicted molar refractivity (Wildman–Crippen MR) is 82.0 cm³/mol. The summed E-state index contributed by atoms with van der Waals surface area (Å²) in [5.74, 6) is -1.98. The van der Waals surface area contributed by atoms with Gasteiger partial charge in [-0.1, -0.05) is 0 Å². The van der Waals surface area contributed by atoms with E-state index in [0.29, 0.717) is 11.3 Å². The molecule has 2 aliphatic heterocycles. The molecule has 0 spiro atoms. The van der Waals surface area contributed by atoms with Gasteiger partial charge in [0.05, 0.1) is 16.8 Å². The molecule has 1 amide bonds. The van der Waals surface area contributed by atoms with Crippen molar-refractivity contribution in [3.8, 4) is 6.07 Å². The summed E-state index contributed by atoms with van der Waals surface area (Å²) in [6.07, 6.45) is 2.63. The molecule has 0 bridgehead atoms. The third-order valence-electron chi connectivity index (χ3n) is 4.42. The van der Waals surface area contributed by atoms with E-state index in [2.05, 4.69) is 4.98 Å². The van der Waals surface area contributed by atoms with Gasteiger partial charge >= 0.3 is 5.97 Å². The number of aliphatic carboxylic acids is 1. The van der Waals surface area contributed by atoms with Gasteiger partial charge < -0.3 is 10.0 Å². The van der Waals surface area contributed by atoms with Gasteiger partial charge in [-0.15, -0.1) is 0 Å². The molecule has 1 aromatic heterocycles. The van der Waals surface area contributed by atoms with Gasteiger partial charge in [0.15, 0.2) is 21.3 Å². The van der Waals surface area contributed by atoms with Crippen molar-refractivity contribution in [1.29, 1.82) is 5.26 Å². The number of fused-ring (bicyclic) bond motifs is 1. The van der Waals surface area contributed by atoms with Gasteiger partial charge in [0.2, 0.25) is 0 Å². The molecule has 3 rings (SSSR count). The van der Waals surface area contributed by atoms with Gasteiger partial charge in [0, 0.05) is 6.20 Å². The summed E-state index contributed by atoms with van der Waals surface area (Å²) in [5, 5.41) is 16.8. The highest BCUT2D eigenvalue weighted by Crippen LogP contribution is 2.48. The van der Waals surface area contributed by atoms with Crippen molar-refractivity contribution in [3.63, 3.8) is 0 Å². The third kappa shape index (κ3) is 1.89. The number of aromatic nitrogens is 1. The first-order valence-electron chi connectivity index (χ1n) is 6.99. The van der Waals surface area contributed by atoms with Crippen LogP contribution in [0.2, 0.25) is 0 Å². The molecule has 9 heteroatoms. The number of hydrogen-bond acceptors (Lipinski definition) is 6. The quantitative estimate of drug-likeness (QED) is 0.596. The Morgan fingerprint density at radius 3 is 2.62 bits per heavy atom. The van der Waals surface area contributed by atoms with Crippen molar-refractivity contribution < 1.29 is 23.1 Å². The van der Waals surface area contributed by atoms with Crippen LogP contribution in [0.3, 0.4) is 0 Å². The number of nitriles is 1. The highest BCUT2D eigenvalue weighted by Gasteiger charge is 2.70. The van der Waals surface area contributed by atoms with E-state index in [9.17, 15) is 23.1 Å². The second-order valence-electron chi connectivity index (χ2n) is 6.14. The number of carbonyl (C=O) groups excluding carboxylic acids is 1. The minimum absolute atomic E-state index is 0.0102.